The first-order chi connectivity index (χ1) is 11.2. The van der Waals surface area contributed by atoms with Crippen LogP contribution in [0, 0.1) is 0 Å². The lowest BCUT2D eigenvalue weighted by molar-refractivity contribution is 0.0527. The molecule has 1 heterocycles. The summed E-state index contributed by atoms with van der Waals surface area (Å²) in [6, 6.07) is 15.5. The van der Waals surface area contributed by atoms with Crippen LogP contribution in [0.4, 0.5) is 11.4 Å². The molecule has 23 heavy (non-hydrogen) atoms. The van der Waals surface area contributed by atoms with Gasteiger partial charge in [0.15, 0.2) is 0 Å². The second-order valence-corrected chi connectivity index (χ2v) is 5.84. The van der Waals surface area contributed by atoms with Gasteiger partial charge in [-0.15, -0.1) is 0 Å². The van der Waals surface area contributed by atoms with Crippen molar-refractivity contribution < 1.29 is 9.53 Å². The predicted octanol–water partition coefficient (Wildman–Crippen LogP) is 4.92. The molecule has 0 saturated heterocycles. The minimum atomic E-state index is -0.386. The number of anilines is 2. The van der Waals surface area contributed by atoms with Crippen molar-refractivity contribution in [1.82, 2.24) is 4.98 Å². The summed E-state index contributed by atoms with van der Waals surface area (Å²) < 4.78 is 6.11. The number of nitrogens with zero attached hydrogens (tertiary/aromatic N) is 1. The third-order valence-electron chi connectivity index (χ3n) is 3.36. The number of hydrogen-bond donors (Lipinski definition) is 1. The number of esters is 1. The largest absolute Gasteiger partial charge is 0.462 e. The van der Waals surface area contributed by atoms with Crippen molar-refractivity contribution in [3.8, 4) is 0 Å². The van der Waals surface area contributed by atoms with Gasteiger partial charge in [-0.2, -0.15) is 0 Å². The number of halogens is 1. The number of benzene rings is 2. The van der Waals surface area contributed by atoms with E-state index >= 15 is 0 Å². The van der Waals surface area contributed by atoms with Gasteiger partial charge in [0.1, 0.15) is 5.56 Å². The van der Waals surface area contributed by atoms with E-state index in [9.17, 15) is 4.79 Å². The molecule has 1 aromatic heterocycles. The summed E-state index contributed by atoms with van der Waals surface area (Å²) in [7, 11) is 0. The minimum absolute atomic E-state index is 0.321. The molecule has 3 aromatic rings. The summed E-state index contributed by atoms with van der Waals surface area (Å²) in [5, 5.41) is 4.20. The van der Waals surface area contributed by atoms with Crippen molar-refractivity contribution in [2.24, 2.45) is 0 Å². The lowest BCUT2D eigenvalue weighted by Gasteiger charge is -2.14. The van der Waals surface area contributed by atoms with E-state index in [1.165, 1.54) is 0 Å². The maximum Gasteiger partial charge on any atom is 0.341 e. The number of hydrogen-bond acceptors (Lipinski definition) is 4. The highest BCUT2D eigenvalue weighted by molar-refractivity contribution is 9.10. The zero-order valence-corrected chi connectivity index (χ0v) is 14.1. The Hall–Kier alpha value is -2.40. The maximum atomic E-state index is 12.3. The third-order valence-corrected chi connectivity index (χ3v) is 3.86. The predicted molar refractivity (Wildman–Crippen MR) is 95.1 cm³/mol. The Kier molecular flexibility index (Phi) is 4.57. The molecular formula is C18H15BrN2O2. The molecule has 0 atom stereocenters. The van der Waals surface area contributed by atoms with Crippen LogP contribution in [0.1, 0.15) is 17.3 Å². The summed E-state index contributed by atoms with van der Waals surface area (Å²) in [4.78, 5) is 16.6. The number of aromatic nitrogens is 1. The maximum absolute atomic E-state index is 12.3. The van der Waals surface area contributed by atoms with Gasteiger partial charge in [-0.3, -0.25) is 4.98 Å². The summed E-state index contributed by atoms with van der Waals surface area (Å²) in [6.07, 6.45) is 1.56. The molecule has 2 aromatic carbocycles. The van der Waals surface area contributed by atoms with Crippen molar-refractivity contribution in [3.05, 3.63) is 64.8 Å². The van der Waals surface area contributed by atoms with Crippen LogP contribution < -0.4 is 5.32 Å². The van der Waals surface area contributed by atoms with Crippen LogP contribution in [0.25, 0.3) is 10.9 Å². The van der Waals surface area contributed by atoms with Gasteiger partial charge in [0.2, 0.25) is 0 Å². The normalized spacial score (nSPS) is 10.5. The van der Waals surface area contributed by atoms with Crippen molar-refractivity contribution in [3.63, 3.8) is 0 Å². The van der Waals surface area contributed by atoms with Gasteiger partial charge in [-0.1, -0.05) is 40.2 Å². The third kappa shape index (κ3) is 3.35. The average Bonchev–Trinajstić information content (AvgIpc) is 2.55. The molecule has 0 saturated carbocycles. The number of carbonyl (C=O) groups is 1. The molecule has 4 nitrogen and oxygen atoms in total. The van der Waals surface area contributed by atoms with Gasteiger partial charge in [-0.25, -0.2) is 4.79 Å². The minimum Gasteiger partial charge on any atom is -0.462 e. The van der Waals surface area contributed by atoms with Crippen LogP contribution in [0.5, 0.6) is 0 Å². The number of pyridine rings is 1. The Bertz CT molecular complexity index is 865. The van der Waals surface area contributed by atoms with E-state index in [0.29, 0.717) is 17.9 Å². The molecule has 0 aliphatic carbocycles. The van der Waals surface area contributed by atoms with Gasteiger partial charge in [0, 0.05) is 21.7 Å². The molecule has 5 heteroatoms. The van der Waals surface area contributed by atoms with Crippen LogP contribution in [0.3, 0.4) is 0 Å². The smallest absolute Gasteiger partial charge is 0.341 e. The Morgan fingerprint density at radius 3 is 2.83 bits per heavy atom. The first kappa shape index (κ1) is 15.5. The molecule has 1 N–H and O–H groups in total. The van der Waals surface area contributed by atoms with Crippen LogP contribution in [-0.4, -0.2) is 17.6 Å². The highest BCUT2D eigenvalue weighted by Gasteiger charge is 2.16. The molecule has 0 spiro atoms. The fourth-order valence-electron chi connectivity index (χ4n) is 2.35. The van der Waals surface area contributed by atoms with Crippen molar-refractivity contribution in [1.29, 1.82) is 0 Å². The fourth-order valence-corrected chi connectivity index (χ4v) is 2.75. The Labute approximate surface area is 142 Å². The van der Waals surface area contributed by atoms with Crippen molar-refractivity contribution >= 4 is 44.2 Å². The van der Waals surface area contributed by atoms with E-state index in [2.05, 4.69) is 26.2 Å². The highest BCUT2D eigenvalue weighted by atomic mass is 79.9. The van der Waals surface area contributed by atoms with Crippen LogP contribution in [0.15, 0.2) is 59.2 Å². The number of nitrogens with one attached hydrogen (secondary N) is 1. The lowest BCUT2D eigenvalue weighted by atomic mass is 10.1. The van der Waals surface area contributed by atoms with Gasteiger partial charge in [0.25, 0.3) is 0 Å². The zero-order valence-electron chi connectivity index (χ0n) is 12.5. The first-order valence-corrected chi connectivity index (χ1v) is 8.06. The van der Waals surface area contributed by atoms with E-state index < -0.39 is 0 Å². The molecule has 0 aliphatic heterocycles. The number of carbonyl (C=O) groups excluding carboxylic acids is 1. The van der Waals surface area contributed by atoms with Crippen LogP contribution >= 0.6 is 15.9 Å². The standard InChI is InChI=1S/C18H15BrN2O2/c1-2-23-18(22)15-11-20-16-9-4-3-8-14(16)17(15)21-13-7-5-6-12(19)10-13/h3-11H,2H2,1H3,(H,20,21). The SMILES string of the molecule is CCOC(=O)c1cnc2ccccc2c1Nc1cccc(Br)c1. The number of ether oxygens (including phenoxy) is 1. The van der Waals surface area contributed by atoms with Crippen LogP contribution in [0.2, 0.25) is 0 Å². The van der Waals surface area contributed by atoms with Gasteiger partial charge >= 0.3 is 5.97 Å². The quantitative estimate of drug-likeness (QED) is 0.662. The lowest BCUT2D eigenvalue weighted by Crippen LogP contribution is -2.09. The number of fused-ring (bicyclic) bond motifs is 1. The number of para-hydroxylation sites is 1. The molecule has 0 bridgehead atoms. The second-order valence-electron chi connectivity index (χ2n) is 4.92. The van der Waals surface area contributed by atoms with Gasteiger partial charge in [-0.05, 0) is 31.2 Å². The van der Waals surface area contributed by atoms with Gasteiger partial charge < -0.3 is 10.1 Å². The van der Waals surface area contributed by atoms with E-state index in [0.717, 1.165) is 21.1 Å². The molecular weight excluding hydrogens is 356 g/mol. The summed E-state index contributed by atoms with van der Waals surface area (Å²) in [5.74, 6) is -0.386. The summed E-state index contributed by atoms with van der Waals surface area (Å²) in [6.45, 7) is 2.11. The van der Waals surface area contributed by atoms with E-state index in [4.69, 9.17) is 4.74 Å². The van der Waals surface area contributed by atoms with E-state index in [1.807, 2.05) is 48.5 Å². The molecule has 0 amide bonds. The summed E-state index contributed by atoms with van der Waals surface area (Å²) >= 11 is 3.45. The monoisotopic (exact) mass is 370 g/mol. The van der Waals surface area contributed by atoms with Crippen molar-refractivity contribution in [2.75, 3.05) is 11.9 Å². The van der Waals surface area contributed by atoms with E-state index in [1.54, 1.807) is 13.1 Å². The Balaban J connectivity index is 2.14. The van der Waals surface area contributed by atoms with Gasteiger partial charge in [0.05, 0.1) is 17.8 Å². The van der Waals surface area contributed by atoms with E-state index in [-0.39, 0.29) is 5.97 Å². The first-order valence-electron chi connectivity index (χ1n) is 7.26. The number of rotatable bonds is 4. The van der Waals surface area contributed by atoms with Crippen LogP contribution in [-0.2, 0) is 4.74 Å². The molecule has 0 fully saturated rings. The zero-order chi connectivity index (χ0) is 16.2. The average molecular weight is 371 g/mol. The summed E-state index contributed by atoms with van der Waals surface area (Å²) in [5.41, 5.74) is 2.82. The Morgan fingerprint density at radius 1 is 1.22 bits per heavy atom. The second kappa shape index (κ2) is 6.79. The molecule has 0 radical (unpaired) electrons. The molecule has 3 rings (SSSR count). The fraction of sp³-hybridized carbons (Fsp3) is 0.111. The molecule has 0 aliphatic rings. The van der Waals surface area contributed by atoms with Crippen molar-refractivity contribution in [2.45, 2.75) is 6.92 Å². The molecule has 116 valence electrons. The highest BCUT2D eigenvalue weighted by Crippen LogP contribution is 2.30. The topological polar surface area (TPSA) is 51.2 Å². The molecule has 0 unspecified atom stereocenters. The Morgan fingerprint density at radius 2 is 2.04 bits per heavy atom.